The third-order valence-electron chi connectivity index (χ3n) is 2.23. The van der Waals surface area contributed by atoms with E-state index < -0.39 is 0 Å². The molecule has 0 spiro atoms. The molecule has 0 heterocycles. The molecule has 0 bridgehead atoms. The van der Waals surface area contributed by atoms with E-state index in [-0.39, 0.29) is 11.5 Å². The van der Waals surface area contributed by atoms with Gasteiger partial charge in [-0.05, 0) is 26.3 Å². The fourth-order valence-electron chi connectivity index (χ4n) is 1.35. The van der Waals surface area contributed by atoms with Crippen LogP contribution >= 0.6 is 0 Å². The van der Waals surface area contributed by atoms with Crippen molar-refractivity contribution in [1.29, 1.82) is 0 Å². The van der Waals surface area contributed by atoms with Crippen molar-refractivity contribution in [3.05, 3.63) is 35.9 Å². The maximum absolute atomic E-state index is 11.4. The number of hydrogen-bond donors (Lipinski definition) is 1. The Kier molecular flexibility index (Phi) is 5.16. The van der Waals surface area contributed by atoms with Gasteiger partial charge in [0.2, 0.25) is 0 Å². The van der Waals surface area contributed by atoms with E-state index in [4.69, 9.17) is 4.74 Å². The number of hydrogen-bond acceptors (Lipinski definition) is 3. The maximum atomic E-state index is 11.4. The van der Waals surface area contributed by atoms with Crippen LogP contribution in [0.15, 0.2) is 30.3 Å². The molecule has 0 saturated carbocycles. The summed E-state index contributed by atoms with van der Waals surface area (Å²) in [6.07, 6.45) is 0.407. The second-order valence-electron chi connectivity index (χ2n) is 5.07. The van der Waals surface area contributed by atoms with Crippen LogP contribution in [0.4, 0.5) is 0 Å². The predicted octanol–water partition coefficient (Wildman–Crippen LogP) is 2.51. The molecule has 94 valence electrons. The van der Waals surface area contributed by atoms with Crippen LogP contribution in [0.1, 0.15) is 32.8 Å². The van der Waals surface area contributed by atoms with Crippen molar-refractivity contribution in [3.8, 4) is 0 Å². The lowest BCUT2D eigenvalue weighted by molar-refractivity contribution is -0.144. The monoisotopic (exact) mass is 235 g/mol. The van der Waals surface area contributed by atoms with E-state index >= 15 is 0 Å². The minimum atomic E-state index is -0.161. The minimum Gasteiger partial charge on any atom is -0.461 e. The Labute approximate surface area is 103 Å². The zero-order chi connectivity index (χ0) is 12.7. The van der Waals surface area contributed by atoms with Crippen molar-refractivity contribution in [2.75, 3.05) is 6.54 Å². The first-order valence-corrected chi connectivity index (χ1v) is 5.92. The average molecular weight is 235 g/mol. The molecule has 1 rings (SSSR count). The average Bonchev–Trinajstić information content (AvgIpc) is 2.26. The van der Waals surface area contributed by atoms with Crippen LogP contribution in [-0.4, -0.2) is 18.1 Å². The molecular formula is C14H21NO2. The molecule has 1 aromatic carbocycles. The smallest absolute Gasteiger partial charge is 0.307 e. The van der Waals surface area contributed by atoms with Gasteiger partial charge in [-0.25, -0.2) is 0 Å². The van der Waals surface area contributed by atoms with E-state index in [1.807, 2.05) is 30.3 Å². The summed E-state index contributed by atoms with van der Waals surface area (Å²) < 4.78 is 5.16. The molecule has 3 heteroatoms. The van der Waals surface area contributed by atoms with Crippen molar-refractivity contribution in [2.45, 2.75) is 39.3 Å². The van der Waals surface area contributed by atoms with Crippen molar-refractivity contribution < 1.29 is 9.53 Å². The van der Waals surface area contributed by atoms with Crippen molar-refractivity contribution in [1.82, 2.24) is 5.32 Å². The summed E-state index contributed by atoms with van der Waals surface area (Å²) in [5.74, 6) is -0.161. The highest BCUT2D eigenvalue weighted by Gasteiger charge is 2.10. The van der Waals surface area contributed by atoms with Crippen LogP contribution in [0.2, 0.25) is 0 Å². The molecule has 1 N–H and O–H groups in total. The Bertz CT molecular complexity index is 341. The van der Waals surface area contributed by atoms with Crippen LogP contribution in [0, 0.1) is 0 Å². The highest BCUT2D eigenvalue weighted by Crippen LogP contribution is 2.02. The number of rotatable bonds is 5. The molecule has 0 atom stereocenters. The SMILES string of the molecule is CC(C)(C)NCCC(=O)OCc1ccccc1. The van der Waals surface area contributed by atoms with E-state index in [0.717, 1.165) is 5.56 Å². The molecule has 0 aliphatic rings. The fraction of sp³-hybridized carbons (Fsp3) is 0.500. The molecule has 3 nitrogen and oxygen atoms in total. The Hall–Kier alpha value is -1.35. The number of carbonyl (C=O) groups excluding carboxylic acids is 1. The molecule has 0 fully saturated rings. The summed E-state index contributed by atoms with van der Waals surface area (Å²) in [6, 6.07) is 9.70. The molecule has 0 saturated heterocycles. The van der Waals surface area contributed by atoms with Crippen molar-refractivity contribution >= 4 is 5.97 Å². The van der Waals surface area contributed by atoms with Crippen molar-refractivity contribution in [3.63, 3.8) is 0 Å². The van der Waals surface area contributed by atoms with E-state index in [0.29, 0.717) is 19.6 Å². The lowest BCUT2D eigenvalue weighted by Gasteiger charge is -2.19. The van der Waals surface area contributed by atoms with Gasteiger partial charge in [-0.1, -0.05) is 30.3 Å². The zero-order valence-electron chi connectivity index (χ0n) is 10.8. The largest absolute Gasteiger partial charge is 0.461 e. The van der Waals surface area contributed by atoms with Gasteiger partial charge < -0.3 is 10.1 Å². The molecule has 0 aromatic heterocycles. The van der Waals surface area contributed by atoms with Crippen LogP contribution in [0.25, 0.3) is 0 Å². The van der Waals surface area contributed by atoms with Gasteiger partial charge in [0.1, 0.15) is 6.61 Å². The van der Waals surface area contributed by atoms with Gasteiger partial charge >= 0.3 is 5.97 Å². The Morgan fingerprint density at radius 2 is 1.88 bits per heavy atom. The third-order valence-corrected chi connectivity index (χ3v) is 2.23. The summed E-state index contributed by atoms with van der Waals surface area (Å²) in [5, 5.41) is 3.25. The van der Waals surface area contributed by atoms with Crippen molar-refractivity contribution in [2.24, 2.45) is 0 Å². The van der Waals surface area contributed by atoms with Crippen LogP contribution in [0.5, 0.6) is 0 Å². The lowest BCUT2D eigenvalue weighted by Crippen LogP contribution is -2.37. The highest BCUT2D eigenvalue weighted by atomic mass is 16.5. The number of carbonyl (C=O) groups is 1. The van der Waals surface area contributed by atoms with Gasteiger partial charge in [-0.15, -0.1) is 0 Å². The normalized spacial score (nSPS) is 11.2. The zero-order valence-corrected chi connectivity index (χ0v) is 10.8. The van der Waals surface area contributed by atoms with Crippen LogP contribution in [-0.2, 0) is 16.1 Å². The summed E-state index contributed by atoms with van der Waals surface area (Å²) in [6.45, 7) is 7.22. The molecule has 0 aliphatic carbocycles. The first kappa shape index (κ1) is 13.7. The molecule has 17 heavy (non-hydrogen) atoms. The number of esters is 1. The summed E-state index contributed by atoms with van der Waals surface area (Å²) in [7, 11) is 0. The Balaban J connectivity index is 2.18. The Morgan fingerprint density at radius 1 is 1.24 bits per heavy atom. The molecule has 1 aromatic rings. The quantitative estimate of drug-likeness (QED) is 0.797. The molecule has 0 aliphatic heterocycles. The van der Waals surface area contributed by atoms with Gasteiger partial charge in [0, 0.05) is 12.1 Å². The second-order valence-corrected chi connectivity index (χ2v) is 5.07. The maximum Gasteiger partial charge on any atom is 0.307 e. The van der Waals surface area contributed by atoms with E-state index in [9.17, 15) is 4.79 Å². The van der Waals surface area contributed by atoms with Gasteiger partial charge in [-0.2, -0.15) is 0 Å². The minimum absolute atomic E-state index is 0.0414. The lowest BCUT2D eigenvalue weighted by atomic mass is 10.1. The van der Waals surface area contributed by atoms with Crippen LogP contribution < -0.4 is 5.32 Å². The van der Waals surface area contributed by atoms with E-state index in [1.165, 1.54) is 0 Å². The van der Waals surface area contributed by atoms with E-state index in [1.54, 1.807) is 0 Å². The van der Waals surface area contributed by atoms with E-state index in [2.05, 4.69) is 26.1 Å². The Morgan fingerprint density at radius 3 is 2.47 bits per heavy atom. The first-order valence-electron chi connectivity index (χ1n) is 5.92. The van der Waals surface area contributed by atoms with Gasteiger partial charge in [-0.3, -0.25) is 4.79 Å². The third kappa shape index (κ3) is 6.74. The van der Waals surface area contributed by atoms with Gasteiger partial charge in [0.15, 0.2) is 0 Å². The van der Waals surface area contributed by atoms with Gasteiger partial charge in [0.25, 0.3) is 0 Å². The predicted molar refractivity (Wildman–Crippen MR) is 68.6 cm³/mol. The number of benzene rings is 1. The standard InChI is InChI=1S/C14H21NO2/c1-14(2,3)15-10-9-13(16)17-11-12-7-5-4-6-8-12/h4-8,15H,9-11H2,1-3H3. The fourth-order valence-corrected chi connectivity index (χ4v) is 1.35. The summed E-state index contributed by atoms with van der Waals surface area (Å²) in [4.78, 5) is 11.4. The van der Waals surface area contributed by atoms with Gasteiger partial charge in [0.05, 0.1) is 6.42 Å². The second kappa shape index (κ2) is 6.40. The summed E-state index contributed by atoms with van der Waals surface area (Å²) >= 11 is 0. The van der Waals surface area contributed by atoms with Crippen LogP contribution in [0.3, 0.4) is 0 Å². The topological polar surface area (TPSA) is 38.3 Å². The number of nitrogens with one attached hydrogen (secondary N) is 1. The number of ether oxygens (including phenoxy) is 1. The molecule has 0 unspecified atom stereocenters. The molecule has 0 amide bonds. The summed E-state index contributed by atoms with van der Waals surface area (Å²) in [5.41, 5.74) is 1.06. The first-order chi connectivity index (χ1) is 7.97. The molecular weight excluding hydrogens is 214 g/mol. The highest BCUT2D eigenvalue weighted by molar-refractivity contribution is 5.69. The molecule has 0 radical (unpaired) electrons.